The van der Waals surface area contributed by atoms with E-state index >= 15 is 0 Å². The molecule has 0 spiro atoms. The van der Waals surface area contributed by atoms with Gasteiger partial charge in [-0.3, -0.25) is 14.2 Å². The average molecular weight is 372 g/mol. The highest BCUT2D eigenvalue weighted by Gasteiger charge is 2.20. The lowest BCUT2D eigenvalue weighted by Gasteiger charge is -2.15. The molecule has 0 unspecified atom stereocenters. The van der Waals surface area contributed by atoms with Crippen molar-refractivity contribution in [3.05, 3.63) is 52.2 Å². The fourth-order valence-corrected chi connectivity index (χ4v) is 3.61. The fourth-order valence-electron chi connectivity index (χ4n) is 3.43. The molecule has 1 fully saturated rings. The third-order valence-electron chi connectivity index (χ3n) is 4.71. The molecule has 0 saturated heterocycles. The quantitative estimate of drug-likeness (QED) is 0.764. The Hall–Kier alpha value is -2.67. The van der Waals surface area contributed by atoms with Crippen LogP contribution >= 0.6 is 11.6 Å². The van der Waals surface area contributed by atoms with Gasteiger partial charge in [-0.25, -0.2) is 9.67 Å². The van der Waals surface area contributed by atoms with Gasteiger partial charge < -0.3 is 5.32 Å². The molecule has 0 aliphatic heterocycles. The largest absolute Gasteiger partial charge is 0.309 e. The zero-order chi connectivity index (χ0) is 18.1. The molecular weight excluding hydrogens is 354 g/mol. The standard InChI is InChI=1S/C18H18ClN5O2/c19-12-5-6-15-14(9-12)18(26)23(11-20-15)10-17(25)22-16-7-8-21-24(16)13-3-1-2-4-13/h5-9,11,13H,1-4,10H2,(H,22,25). The first-order valence-corrected chi connectivity index (χ1v) is 8.98. The van der Waals surface area contributed by atoms with Crippen molar-refractivity contribution in [1.82, 2.24) is 19.3 Å². The summed E-state index contributed by atoms with van der Waals surface area (Å²) in [5.41, 5.74) is 0.257. The van der Waals surface area contributed by atoms with Gasteiger partial charge in [-0.2, -0.15) is 5.10 Å². The molecule has 1 N–H and O–H groups in total. The monoisotopic (exact) mass is 371 g/mol. The van der Waals surface area contributed by atoms with Gasteiger partial charge in [-0.05, 0) is 31.0 Å². The van der Waals surface area contributed by atoms with Crippen LogP contribution in [0.15, 0.2) is 41.6 Å². The van der Waals surface area contributed by atoms with E-state index in [1.54, 1.807) is 30.5 Å². The molecule has 0 bridgehead atoms. The summed E-state index contributed by atoms with van der Waals surface area (Å²) in [6, 6.07) is 7.03. The van der Waals surface area contributed by atoms with Crippen molar-refractivity contribution in [2.24, 2.45) is 0 Å². The van der Waals surface area contributed by atoms with Gasteiger partial charge >= 0.3 is 0 Å². The molecule has 1 amide bonds. The molecule has 1 aliphatic rings. The van der Waals surface area contributed by atoms with E-state index in [0.717, 1.165) is 12.8 Å². The maximum absolute atomic E-state index is 12.6. The Kier molecular flexibility index (Phi) is 4.46. The third-order valence-corrected chi connectivity index (χ3v) is 4.94. The lowest BCUT2D eigenvalue weighted by molar-refractivity contribution is -0.116. The van der Waals surface area contributed by atoms with Gasteiger partial charge in [0.1, 0.15) is 12.4 Å². The Morgan fingerprint density at radius 1 is 1.27 bits per heavy atom. The van der Waals surface area contributed by atoms with E-state index in [1.165, 1.54) is 23.7 Å². The van der Waals surface area contributed by atoms with Crippen LogP contribution in [0, 0.1) is 0 Å². The molecule has 1 saturated carbocycles. The summed E-state index contributed by atoms with van der Waals surface area (Å²) in [5, 5.41) is 8.03. The lowest BCUT2D eigenvalue weighted by atomic mass is 10.2. The first-order valence-electron chi connectivity index (χ1n) is 8.60. The molecule has 1 aliphatic carbocycles. The molecule has 2 heterocycles. The van der Waals surface area contributed by atoms with Crippen LogP contribution in [0.3, 0.4) is 0 Å². The smallest absolute Gasteiger partial charge is 0.261 e. The number of halogens is 1. The van der Waals surface area contributed by atoms with Crippen LogP contribution in [-0.4, -0.2) is 25.2 Å². The highest BCUT2D eigenvalue weighted by Crippen LogP contribution is 2.31. The van der Waals surface area contributed by atoms with Crippen molar-refractivity contribution >= 4 is 34.2 Å². The first-order chi connectivity index (χ1) is 12.6. The Bertz CT molecular complexity index is 1020. The number of benzene rings is 1. The summed E-state index contributed by atoms with van der Waals surface area (Å²) in [6.07, 6.45) is 7.56. The number of aromatic nitrogens is 4. The molecule has 0 atom stereocenters. The number of carbonyl (C=O) groups excluding carboxylic acids is 1. The SMILES string of the molecule is O=C(Cn1cnc2ccc(Cl)cc2c1=O)Nc1ccnn1C1CCCC1. The predicted molar refractivity (Wildman–Crippen MR) is 99.4 cm³/mol. The number of hydrogen-bond acceptors (Lipinski definition) is 4. The summed E-state index contributed by atoms with van der Waals surface area (Å²) in [4.78, 5) is 29.2. The molecule has 134 valence electrons. The molecule has 8 heteroatoms. The van der Waals surface area contributed by atoms with Gasteiger partial charge in [-0.15, -0.1) is 0 Å². The van der Waals surface area contributed by atoms with Crippen LogP contribution < -0.4 is 10.9 Å². The summed E-state index contributed by atoms with van der Waals surface area (Å²) in [7, 11) is 0. The van der Waals surface area contributed by atoms with E-state index in [-0.39, 0.29) is 18.0 Å². The van der Waals surface area contributed by atoms with Crippen LogP contribution in [0.5, 0.6) is 0 Å². The molecular formula is C18H18ClN5O2. The summed E-state index contributed by atoms with van der Waals surface area (Å²) in [6.45, 7) is -0.121. The zero-order valence-corrected chi connectivity index (χ0v) is 14.8. The molecule has 7 nitrogen and oxygen atoms in total. The minimum atomic E-state index is -0.296. The van der Waals surface area contributed by atoms with E-state index in [9.17, 15) is 9.59 Å². The van der Waals surface area contributed by atoms with E-state index in [1.807, 2.05) is 4.68 Å². The minimum absolute atomic E-state index is 0.121. The van der Waals surface area contributed by atoms with Crippen molar-refractivity contribution in [2.75, 3.05) is 5.32 Å². The van der Waals surface area contributed by atoms with E-state index < -0.39 is 0 Å². The number of nitrogens with one attached hydrogen (secondary N) is 1. The van der Waals surface area contributed by atoms with Gasteiger partial charge in [-0.1, -0.05) is 24.4 Å². The molecule has 3 aromatic rings. The molecule has 2 aromatic heterocycles. The van der Waals surface area contributed by atoms with Crippen LogP contribution in [0.4, 0.5) is 5.82 Å². The summed E-state index contributed by atoms with van der Waals surface area (Å²) in [5.74, 6) is 0.363. The Labute approximate surface area is 154 Å². The number of hydrogen-bond donors (Lipinski definition) is 1. The molecule has 4 rings (SSSR count). The highest BCUT2D eigenvalue weighted by atomic mass is 35.5. The normalized spacial score (nSPS) is 14.8. The number of amides is 1. The van der Waals surface area contributed by atoms with Crippen molar-refractivity contribution in [1.29, 1.82) is 0 Å². The van der Waals surface area contributed by atoms with Crippen LogP contribution in [0.25, 0.3) is 10.9 Å². The molecule has 1 aromatic carbocycles. The van der Waals surface area contributed by atoms with Crippen LogP contribution in [-0.2, 0) is 11.3 Å². The molecule has 26 heavy (non-hydrogen) atoms. The van der Waals surface area contributed by atoms with E-state index in [4.69, 9.17) is 11.6 Å². The van der Waals surface area contributed by atoms with Gasteiger partial charge in [0.05, 0.1) is 29.5 Å². The Balaban J connectivity index is 1.54. The lowest BCUT2D eigenvalue weighted by Crippen LogP contribution is -2.28. The second kappa shape index (κ2) is 6.92. The topological polar surface area (TPSA) is 81.8 Å². The van der Waals surface area contributed by atoms with Gasteiger partial charge in [0.25, 0.3) is 5.56 Å². The highest BCUT2D eigenvalue weighted by molar-refractivity contribution is 6.31. The maximum Gasteiger partial charge on any atom is 0.261 e. The number of nitrogens with zero attached hydrogens (tertiary/aromatic N) is 4. The Morgan fingerprint density at radius 3 is 2.88 bits per heavy atom. The second-order valence-electron chi connectivity index (χ2n) is 6.49. The van der Waals surface area contributed by atoms with Crippen molar-refractivity contribution < 1.29 is 4.79 Å². The zero-order valence-electron chi connectivity index (χ0n) is 14.1. The van der Waals surface area contributed by atoms with Gasteiger partial charge in [0.15, 0.2) is 0 Å². The fraction of sp³-hybridized carbons (Fsp3) is 0.333. The van der Waals surface area contributed by atoms with Crippen molar-refractivity contribution in [3.8, 4) is 0 Å². The third kappa shape index (κ3) is 3.22. The van der Waals surface area contributed by atoms with Crippen LogP contribution in [0.1, 0.15) is 31.7 Å². The van der Waals surface area contributed by atoms with E-state index in [2.05, 4.69) is 15.4 Å². The van der Waals surface area contributed by atoms with Crippen LogP contribution in [0.2, 0.25) is 5.02 Å². The van der Waals surface area contributed by atoms with Gasteiger partial charge in [0, 0.05) is 11.1 Å². The number of anilines is 1. The number of fused-ring (bicyclic) bond motifs is 1. The summed E-state index contributed by atoms with van der Waals surface area (Å²) >= 11 is 5.96. The number of rotatable bonds is 4. The van der Waals surface area contributed by atoms with Gasteiger partial charge in [0.2, 0.25) is 5.91 Å². The van der Waals surface area contributed by atoms with E-state index in [0.29, 0.717) is 27.8 Å². The number of carbonyl (C=O) groups is 1. The predicted octanol–water partition coefficient (Wildman–Crippen LogP) is 3.00. The molecule has 0 radical (unpaired) electrons. The second-order valence-corrected chi connectivity index (χ2v) is 6.92. The van der Waals surface area contributed by atoms with Crippen molar-refractivity contribution in [2.45, 2.75) is 38.3 Å². The summed E-state index contributed by atoms with van der Waals surface area (Å²) < 4.78 is 3.15. The Morgan fingerprint density at radius 2 is 2.08 bits per heavy atom. The maximum atomic E-state index is 12.6. The average Bonchev–Trinajstić information content (AvgIpc) is 3.29. The van der Waals surface area contributed by atoms with Crippen molar-refractivity contribution in [3.63, 3.8) is 0 Å². The first kappa shape index (κ1) is 16.8. The minimum Gasteiger partial charge on any atom is -0.309 e.